The molecular formula is C9H19NO2S. The van der Waals surface area contributed by atoms with Crippen molar-refractivity contribution in [3.8, 4) is 0 Å². The summed E-state index contributed by atoms with van der Waals surface area (Å²) in [5, 5.41) is -0.0935. The summed E-state index contributed by atoms with van der Waals surface area (Å²) in [5.74, 6) is 0. The standard InChI is InChI=1S/C9H19NO2S/c1-3-4-5-6-9-7-8-10(2)13(9,11)12/h9H,3-8H2,1-2H3. The van der Waals surface area contributed by atoms with E-state index in [2.05, 4.69) is 6.92 Å². The van der Waals surface area contributed by atoms with Crippen molar-refractivity contribution in [3.05, 3.63) is 0 Å². The highest BCUT2D eigenvalue weighted by molar-refractivity contribution is 7.89. The molecule has 13 heavy (non-hydrogen) atoms. The molecule has 78 valence electrons. The summed E-state index contributed by atoms with van der Waals surface area (Å²) in [4.78, 5) is 0. The molecule has 1 unspecified atom stereocenters. The molecule has 0 spiro atoms. The van der Waals surface area contributed by atoms with Crippen LogP contribution in [0.5, 0.6) is 0 Å². The lowest BCUT2D eigenvalue weighted by Gasteiger charge is -2.11. The summed E-state index contributed by atoms with van der Waals surface area (Å²) >= 11 is 0. The van der Waals surface area contributed by atoms with Crippen LogP contribution < -0.4 is 0 Å². The molecule has 1 fully saturated rings. The quantitative estimate of drug-likeness (QED) is 0.654. The zero-order valence-electron chi connectivity index (χ0n) is 8.49. The first-order valence-corrected chi connectivity index (χ1v) is 6.54. The van der Waals surface area contributed by atoms with Gasteiger partial charge in [-0.25, -0.2) is 12.7 Å². The molecule has 1 saturated heterocycles. The Balaban J connectivity index is 2.44. The Kier molecular flexibility index (Phi) is 3.74. The molecule has 0 aromatic heterocycles. The lowest BCUT2D eigenvalue weighted by molar-refractivity contribution is 0.507. The van der Waals surface area contributed by atoms with Gasteiger partial charge in [0.2, 0.25) is 10.0 Å². The van der Waals surface area contributed by atoms with Crippen LogP contribution in [-0.4, -0.2) is 31.6 Å². The van der Waals surface area contributed by atoms with Crippen LogP contribution in [0.1, 0.15) is 39.0 Å². The van der Waals surface area contributed by atoms with E-state index in [1.54, 1.807) is 7.05 Å². The van der Waals surface area contributed by atoms with E-state index in [0.29, 0.717) is 6.54 Å². The molecule has 3 nitrogen and oxygen atoms in total. The van der Waals surface area contributed by atoms with Crippen LogP contribution in [0.3, 0.4) is 0 Å². The van der Waals surface area contributed by atoms with Gasteiger partial charge in [0.1, 0.15) is 0 Å². The molecule has 0 radical (unpaired) electrons. The number of hydrogen-bond acceptors (Lipinski definition) is 2. The maximum absolute atomic E-state index is 11.6. The summed E-state index contributed by atoms with van der Waals surface area (Å²) in [5.41, 5.74) is 0. The normalized spacial score (nSPS) is 28.0. The predicted octanol–water partition coefficient (Wildman–Crippen LogP) is 1.60. The highest BCUT2D eigenvalue weighted by Gasteiger charge is 2.35. The van der Waals surface area contributed by atoms with E-state index in [1.165, 1.54) is 4.31 Å². The fraction of sp³-hybridized carbons (Fsp3) is 1.00. The molecule has 1 aliphatic rings. The third-order valence-electron chi connectivity index (χ3n) is 2.75. The van der Waals surface area contributed by atoms with E-state index in [4.69, 9.17) is 0 Å². The largest absolute Gasteiger partial charge is 0.216 e. The maximum Gasteiger partial charge on any atom is 0.216 e. The summed E-state index contributed by atoms with van der Waals surface area (Å²) < 4.78 is 24.7. The summed E-state index contributed by atoms with van der Waals surface area (Å²) in [6.45, 7) is 2.84. The van der Waals surface area contributed by atoms with Gasteiger partial charge in [-0.05, 0) is 12.8 Å². The first-order chi connectivity index (χ1) is 6.09. The second-order valence-corrected chi connectivity index (χ2v) is 6.09. The van der Waals surface area contributed by atoms with E-state index >= 15 is 0 Å². The fourth-order valence-corrected chi connectivity index (χ4v) is 3.51. The molecule has 0 aromatic carbocycles. The molecule has 4 heteroatoms. The molecule has 1 rings (SSSR count). The summed E-state index contributed by atoms with van der Waals surface area (Å²) in [6, 6.07) is 0. The van der Waals surface area contributed by atoms with E-state index < -0.39 is 10.0 Å². The van der Waals surface area contributed by atoms with E-state index in [9.17, 15) is 8.42 Å². The fourth-order valence-electron chi connectivity index (χ4n) is 1.77. The molecule has 0 N–H and O–H groups in total. The molecule has 1 atom stereocenters. The zero-order chi connectivity index (χ0) is 9.90. The Hall–Kier alpha value is -0.0900. The predicted molar refractivity (Wildman–Crippen MR) is 54.1 cm³/mol. The van der Waals surface area contributed by atoms with Crippen molar-refractivity contribution in [2.45, 2.75) is 44.3 Å². The number of sulfonamides is 1. The smallest absolute Gasteiger partial charge is 0.212 e. The molecule has 0 bridgehead atoms. The SMILES string of the molecule is CCCCCC1CCN(C)S1(=O)=O. The molecule has 0 aliphatic carbocycles. The Morgan fingerprint density at radius 3 is 2.54 bits per heavy atom. The van der Waals surface area contributed by atoms with Gasteiger partial charge in [0.15, 0.2) is 0 Å². The van der Waals surface area contributed by atoms with Gasteiger partial charge >= 0.3 is 0 Å². The van der Waals surface area contributed by atoms with E-state index in [0.717, 1.165) is 32.1 Å². The van der Waals surface area contributed by atoms with Crippen LogP contribution in [0.4, 0.5) is 0 Å². The van der Waals surface area contributed by atoms with Crippen molar-refractivity contribution in [1.82, 2.24) is 4.31 Å². The Morgan fingerprint density at radius 2 is 2.08 bits per heavy atom. The van der Waals surface area contributed by atoms with Crippen molar-refractivity contribution < 1.29 is 8.42 Å². The maximum atomic E-state index is 11.6. The van der Waals surface area contributed by atoms with Gasteiger partial charge in [-0.2, -0.15) is 0 Å². The third kappa shape index (κ3) is 2.44. The lowest BCUT2D eigenvalue weighted by Crippen LogP contribution is -2.25. The molecule has 0 amide bonds. The van der Waals surface area contributed by atoms with Crippen LogP contribution in [0.2, 0.25) is 0 Å². The minimum atomic E-state index is -2.91. The van der Waals surface area contributed by atoms with Crippen LogP contribution in [-0.2, 0) is 10.0 Å². The highest BCUT2D eigenvalue weighted by Crippen LogP contribution is 2.24. The topological polar surface area (TPSA) is 37.4 Å². The molecule has 1 aliphatic heterocycles. The third-order valence-corrected chi connectivity index (χ3v) is 5.12. The van der Waals surface area contributed by atoms with Gasteiger partial charge in [0.05, 0.1) is 5.25 Å². The van der Waals surface area contributed by atoms with Crippen LogP contribution in [0.15, 0.2) is 0 Å². The molecule has 0 saturated carbocycles. The Bertz CT molecular complexity index is 248. The van der Waals surface area contributed by atoms with Crippen molar-refractivity contribution in [3.63, 3.8) is 0 Å². The van der Waals surface area contributed by atoms with Crippen LogP contribution in [0.25, 0.3) is 0 Å². The van der Waals surface area contributed by atoms with Crippen LogP contribution >= 0.6 is 0 Å². The van der Waals surface area contributed by atoms with Gasteiger partial charge in [-0.1, -0.05) is 26.2 Å². The monoisotopic (exact) mass is 205 g/mol. The average Bonchev–Trinajstić information content (AvgIpc) is 2.32. The lowest BCUT2D eigenvalue weighted by atomic mass is 10.1. The van der Waals surface area contributed by atoms with Gasteiger partial charge in [-0.3, -0.25) is 0 Å². The van der Waals surface area contributed by atoms with Crippen molar-refractivity contribution in [2.24, 2.45) is 0 Å². The molecule has 1 heterocycles. The molecule has 0 aromatic rings. The Morgan fingerprint density at radius 1 is 1.38 bits per heavy atom. The second-order valence-electron chi connectivity index (χ2n) is 3.77. The zero-order valence-corrected chi connectivity index (χ0v) is 9.31. The average molecular weight is 205 g/mol. The number of unbranched alkanes of at least 4 members (excludes halogenated alkanes) is 2. The van der Waals surface area contributed by atoms with Gasteiger partial charge < -0.3 is 0 Å². The number of nitrogens with zero attached hydrogens (tertiary/aromatic N) is 1. The first-order valence-electron chi connectivity index (χ1n) is 5.04. The number of rotatable bonds is 4. The molecular weight excluding hydrogens is 186 g/mol. The van der Waals surface area contributed by atoms with Crippen molar-refractivity contribution >= 4 is 10.0 Å². The number of hydrogen-bond donors (Lipinski definition) is 0. The van der Waals surface area contributed by atoms with E-state index in [1.807, 2.05) is 0 Å². The van der Waals surface area contributed by atoms with Crippen LogP contribution in [0, 0.1) is 0 Å². The van der Waals surface area contributed by atoms with Gasteiger partial charge in [0.25, 0.3) is 0 Å². The van der Waals surface area contributed by atoms with Gasteiger partial charge in [0, 0.05) is 13.6 Å². The first kappa shape index (κ1) is 11.0. The second kappa shape index (κ2) is 4.42. The summed E-state index contributed by atoms with van der Waals surface area (Å²) in [7, 11) is -1.24. The van der Waals surface area contributed by atoms with Crippen molar-refractivity contribution in [1.29, 1.82) is 0 Å². The van der Waals surface area contributed by atoms with E-state index in [-0.39, 0.29) is 5.25 Å². The Labute approximate surface area is 81.2 Å². The summed E-state index contributed by atoms with van der Waals surface area (Å²) in [6.07, 6.45) is 5.02. The highest BCUT2D eigenvalue weighted by atomic mass is 32.2. The minimum Gasteiger partial charge on any atom is -0.212 e. The van der Waals surface area contributed by atoms with Crippen molar-refractivity contribution in [2.75, 3.05) is 13.6 Å². The van der Waals surface area contributed by atoms with Gasteiger partial charge in [-0.15, -0.1) is 0 Å². The minimum absolute atomic E-state index is 0.0935.